The molecule has 5 heteroatoms. The van der Waals surface area contributed by atoms with Crippen molar-refractivity contribution in [1.29, 1.82) is 0 Å². The number of hydrogen-bond donors (Lipinski definition) is 2. The predicted octanol–water partition coefficient (Wildman–Crippen LogP) is 4.66. The number of aromatic amines is 1. The minimum Gasteiger partial charge on any atom is -0.361 e. The van der Waals surface area contributed by atoms with Crippen LogP contribution in [0.1, 0.15) is 5.56 Å². The molecule has 0 aliphatic rings. The highest BCUT2D eigenvalue weighted by Crippen LogP contribution is 2.25. The Morgan fingerprint density at radius 3 is 2.71 bits per heavy atom. The van der Waals surface area contributed by atoms with Crippen molar-refractivity contribution in [3.63, 3.8) is 0 Å². The molecule has 1 amide bonds. The van der Waals surface area contributed by atoms with Crippen LogP contribution in [0.3, 0.4) is 0 Å². The van der Waals surface area contributed by atoms with Crippen LogP contribution >= 0.6 is 23.2 Å². The second kappa shape index (κ2) is 5.80. The molecular weight excluding hydrogens is 307 g/mol. The van der Waals surface area contributed by atoms with Gasteiger partial charge in [-0.3, -0.25) is 4.79 Å². The highest BCUT2D eigenvalue weighted by molar-refractivity contribution is 6.42. The molecule has 3 aromatic rings. The summed E-state index contributed by atoms with van der Waals surface area (Å²) >= 11 is 11.8. The fourth-order valence-electron chi connectivity index (χ4n) is 2.17. The van der Waals surface area contributed by atoms with Crippen molar-refractivity contribution in [3.05, 3.63) is 64.3 Å². The molecule has 1 heterocycles. The largest absolute Gasteiger partial charge is 0.361 e. The first-order valence-electron chi connectivity index (χ1n) is 6.43. The molecule has 2 aromatic carbocycles. The summed E-state index contributed by atoms with van der Waals surface area (Å²) in [6.07, 6.45) is 2.18. The molecule has 106 valence electrons. The monoisotopic (exact) mass is 318 g/mol. The van der Waals surface area contributed by atoms with Crippen LogP contribution in [-0.2, 0) is 11.2 Å². The number of nitrogens with one attached hydrogen (secondary N) is 2. The van der Waals surface area contributed by atoms with Gasteiger partial charge in [0.15, 0.2) is 0 Å². The summed E-state index contributed by atoms with van der Waals surface area (Å²) in [6.45, 7) is 0. The third-order valence-corrected chi connectivity index (χ3v) is 3.93. The van der Waals surface area contributed by atoms with E-state index in [1.165, 1.54) is 0 Å². The van der Waals surface area contributed by atoms with Crippen molar-refractivity contribution >= 4 is 45.7 Å². The first-order chi connectivity index (χ1) is 10.1. The molecule has 0 saturated heterocycles. The SMILES string of the molecule is O=C(Cc1ccc2cc[nH]c2c1)Nc1ccc(Cl)c(Cl)c1. The van der Waals surface area contributed by atoms with Crippen LogP contribution in [0.2, 0.25) is 10.0 Å². The van der Waals surface area contributed by atoms with Crippen LogP contribution in [0.4, 0.5) is 5.69 Å². The first kappa shape index (κ1) is 14.0. The lowest BCUT2D eigenvalue weighted by atomic mass is 10.1. The normalized spacial score (nSPS) is 10.8. The van der Waals surface area contributed by atoms with Gasteiger partial charge in [-0.1, -0.05) is 35.3 Å². The maximum absolute atomic E-state index is 12.1. The molecule has 0 bridgehead atoms. The predicted molar refractivity (Wildman–Crippen MR) is 87.1 cm³/mol. The number of carbonyl (C=O) groups excluding carboxylic acids is 1. The van der Waals surface area contributed by atoms with Gasteiger partial charge in [0.25, 0.3) is 0 Å². The molecule has 3 rings (SSSR count). The Balaban J connectivity index is 1.71. The average Bonchev–Trinajstić information content (AvgIpc) is 2.90. The van der Waals surface area contributed by atoms with E-state index in [0.717, 1.165) is 16.5 Å². The Morgan fingerprint density at radius 2 is 1.90 bits per heavy atom. The second-order valence-corrected chi connectivity index (χ2v) is 5.57. The van der Waals surface area contributed by atoms with Gasteiger partial charge in [0.05, 0.1) is 16.5 Å². The molecule has 21 heavy (non-hydrogen) atoms. The molecule has 0 radical (unpaired) electrons. The maximum atomic E-state index is 12.1. The van der Waals surface area contributed by atoms with Gasteiger partial charge in [-0.05, 0) is 41.3 Å². The molecule has 0 saturated carbocycles. The first-order valence-corrected chi connectivity index (χ1v) is 7.18. The van der Waals surface area contributed by atoms with Gasteiger partial charge in [-0.25, -0.2) is 0 Å². The molecule has 0 aliphatic heterocycles. The van der Waals surface area contributed by atoms with Gasteiger partial charge < -0.3 is 10.3 Å². The number of fused-ring (bicyclic) bond motifs is 1. The van der Waals surface area contributed by atoms with E-state index in [9.17, 15) is 4.79 Å². The van der Waals surface area contributed by atoms with Crippen molar-refractivity contribution in [1.82, 2.24) is 4.98 Å². The lowest BCUT2D eigenvalue weighted by molar-refractivity contribution is -0.115. The number of carbonyl (C=O) groups is 1. The zero-order chi connectivity index (χ0) is 14.8. The van der Waals surface area contributed by atoms with Gasteiger partial charge in [0, 0.05) is 17.4 Å². The molecule has 0 atom stereocenters. The molecule has 0 fully saturated rings. The number of amides is 1. The number of hydrogen-bond acceptors (Lipinski definition) is 1. The fraction of sp³-hybridized carbons (Fsp3) is 0.0625. The summed E-state index contributed by atoms with van der Waals surface area (Å²) in [4.78, 5) is 15.2. The van der Waals surface area contributed by atoms with Gasteiger partial charge >= 0.3 is 0 Å². The van der Waals surface area contributed by atoms with E-state index in [1.54, 1.807) is 18.2 Å². The van der Waals surface area contributed by atoms with Crippen molar-refractivity contribution in [2.75, 3.05) is 5.32 Å². The van der Waals surface area contributed by atoms with Crippen LogP contribution in [0, 0.1) is 0 Å². The van der Waals surface area contributed by atoms with E-state index < -0.39 is 0 Å². The summed E-state index contributed by atoms with van der Waals surface area (Å²) in [5.41, 5.74) is 2.60. The van der Waals surface area contributed by atoms with Crippen LogP contribution in [0.15, 0.2) is 48.7 Å². The molecule has 0 unspecified atom stereocenters. The van der Waals surface area contributed by atoms with Crippen molar-refractivity contribution in [3.8, 4) is 0 Å². The van der Waals surface area contributed by atoms with E-state index >= 15 is 0 Å². The Labute approximate surface area is 131 Å². The number of H-pyrrole nitrogens is 1. The highest BCUT2D eigenvalue weighted by Gasteiger charge is 2.07. The lowest BCUT2D eigenvalue weighted by Gasteiger charge is -2.06. The zero-order valence-electron chi connectivity index (χ0n) is 11.0. The summed E-state index contributed by atoms with van der Waals surface area (Å²) in [5, 5.41) is 4.82. The van der Waals surface area contributed by atoms with E-state index in [2.05, 4.69) is 10.3 Å². The molecular formula is C16H12Cl2N2O. The zero-order valence-corrected chi connectivity index (χ0v) is 12.5. The van der Waals surface area contributed by atoms with Crippen LogP contribution in [0.5, 0.6) is 0 Å². The maximum Gasteiger partial charge on any atom is 0.228 e. The van der Waals surface area contributed by atoms with Crippen LogP contribution in [-0.4, -0.2) is 10.9 Å². The molecule has 2 N–H and O–H groups in total. The van der Waals surface area contributed by atoms with E-state index in [0.29, 0.717) is 22.2 Å². The Morgan fingerprint density at radius 1 is 1.05 bits per heavy atom. The molecule has 0 spiro atoms. The summed E-state index contributed by atoms with van der Waals surface area (Å²) in [5.74, 6) is -0.0979. The Kier molecular flexibility index (Phi) is 3.86. The fourth-order valence-corrected chi connectivity index (χ4v) is 2.47. The summed E-state index contributed by atoms with van der Waals surface area (Å²) in [6, 6.07) is 12.9. The highest BCUT2D eigenvalue weighted by atomic mass is 35.5. The molecule has 1 aromatic heterocycles. The van der Waals surface area contributed by atoms with Crippen molar-refractivity contribution < 1.29 is 4.79 Å². The van der Waals surface area contributed by atoms with Gasteiger partial charge in [0.2, 0.25) is 5.91 Å². The Hall–Kier alpha value is -1.97. The standard InChI is InChI=1S/C16H12Cl2N2O/c17-13-4-3-12(9-14(13)18)20-16(21)8-10-1-2-11-5-6-19-15(11)7-10/h1-7,9,19H,8H2,(H,20,21). The summed E-state index contributed by atoms with van der Waals surface area (Å²) in [7, 11) is 0. The number of aromatic nitrogens is 1. The number of rotatable bonds is 3. The van der Waals surface area contributed by atoms with E-state index in [1.807, 2.05) is 30.5 Å². The van der Waals surface area contributed by atoms with Crippen molar-refractivity contribution in [2.24, 2.45) is 0 Å². The molecule has 3 nitrogen and oxygen atoms in total. The third-order valence-electron chi connectivity index (χ3n) is 3.19. The number of halogens is 2. The smallest absolute Gasteiger partial charge is 0.228 e. The number of anilines is 1. The van der Waals surface area contributed by atoms with Gasteiger partial charge in [-0.2, -0.15) is 0 Å². The topological polar surface area (TPSA) is 44.9 Å². The minimum absolute atomic E-state index is 0.0979. The molecule has 0 aliphatic carbocycles. The van der Waals surface area contributed by atoms with E-state index in [-0.39, 0.29) is 5.91 Å². The third kappa shape index (κ3) is 3.20. The van der Waals surface area contributed by atoms with Gasteiger partial charge in [-0.15, -0.1) is 0 Å². The van der Waals surface area contributed by atoms with Crippen LogP contribution < -0.4 is 5.32 Å². The average molecular weight is 319 g/mol. The van der Waals surface area contributed by atoms with Gasteiger partial charge in [0.1, 0.15) is 0 Å². The minimum atomic E-state index is -0.0979. The second-order valence-electron chi connectivity index (χ2n) is 4.75. The number of benzene rings is 2. The van der Waals surface area contributed by atoms with E-state index in [4.69, 9.17) is 23.2 Å². The van der Waals surface area contributed by atoms with Crippen molar-refractivity contribution in [2.45, 2.75) is 6.42 Å². The quantitative estimate of drug-likeness (QED) is 0.725. The van der Waals surface area contributed by atoms with Crippen LogP contribution in [0.25, 0.3) is 10.9 Å². The lowest BCUT2D eigenvalue weighted by Crippen LogP contribution is -2.14. The summed E-state index contributed by atoms with van der Waals surface area (Å²) < 4.78 is 0. The Bertz CT molecular complexity index is 811.